The standard InChI is InChI=1S/C18H16N2O6/c21-16(19-9-17(22)23)8-11-3-1-2-4-13(11)20-18(24)12-5-6-14-15(7-12)26-10-25-14/h1-7H,8-10H2,(H,19,21)(H,20,24)(H,22,23). The van der Waals surface area contributed by atoms with E-state index in [2.05, 4.69) is 10.6 Å². The molecule has 0 unspecified atom stereocenters. The maximum absolute atomic E-state index is 12.5. The molecule has 0 aliphatic carbocycles. The van der Waals surface area contributed by atoms with E-state index in [0.29, 0.717) is 28.3 Å². The number of rotatable bonds is 6. The van der Waals surface area contributed by atoms with E-state index in [1.807, 2.05) is 0 Å². The van der Waals surface area contributed by atoms with Crippen molar-refractivity contribution in [2.45, 2.75) is 6.42 Å². The van der Waals surface area contributed by atoms with E-state index in [4.69, 9.17) is 14.6 Å². The van der Waals surface area contributed by atoms with Gasteiger partial charge in [-0.3, -0.25) is 14.4 Å². The van der Waals surface area contributed by atoms with Gasteiger partial charge in [-0.15, -0.1) is 0 Å². The third-order valence-electron chi connectivity index (χ3n) is 3.69. The molecular weight excluding hydrogens is 340 g/mol. The summed E-state index contributed by atoms with van der Waals surface area (Å²) < 4.78 is 10.5. The topological polar surface area (TPSA) is 114 Å². The number of carbonyl (C=O) groups excluding carboxylic acids is 2. The number of hydrogen-bond acceptors (Lipinski definition) is 5. The molecule has 0 bridgehead atoms. The number of anilines is 1. The second-order valence-corrected chi connectivity index (χ2v) is 5.53. The highest BCUT2D eigenvalue weighted by Gasteiger charge is 2.17. The van der Waals surface area contributed by atoms with Crippen LogP contribution in [0.1, 0.15) is 15.9 Å². The average molecular weight is 356 g/mol. The van der Waals surface area contributed by atoms with Crippen molar-refractivity contribution in [1.29, 1.82) is 0 Å². The molecule has 26 heavy (non-hydrogen) atoms. The summed E-state index contributed by atoms with van der Waals surface area (Å²) in [5, 5.41) is 13.6. The highest BCUT2D eigenvalue weighted by Crippen LogP contribution is 2.32. The normalized spacial score (nSPS) is 11.7. The minimum absolute atomic E-state index is 0.0507. The van der Waals surface area contributed by atoms with E-state index in [1.54, 1.807) is 42.5 Å². The van der Waals surface area contributed by atoms with Crippen molar-refractivity contribution in [3.63, 3.8) is 0 Å². The molecule has 3 N–H and O–H groups in total. The fraction of sp³-hybridized carbons (Fsp3) is 0.167. The second-order valence-electron chi connectivity index (χ2n) is 5.53. The Bertz CT molecular complexity index is 865. The minimum Gasteiger partial charge on any atom is -0.480 e. The fourth-order valence-corrected chi connectivity index (χ4v) is 2.44. The Morgan fingerprint density at radius 2 is 1.81 bits per heavy atom. The quantitative estimate of drug-likeness (QED) is 0.721. The molecule has 0 spiro atoms. The molecule has 0 atom stereocenters. The molecule has 8 heteroatoms. The van der Waals surface area contributed by atoms with Gasteiger partial charge in [0.25, 0.3) is 5.91 Å². The Hall–Kier alpha value is -3.55. The van der Waals surface area contributed by atoms with Crippen molar-refractivity contribution in [3.8, 4) is 11.5 Å². The van der Waals surface area contributed by atoms with Crippen LogP contribution in [0.4, 0.5) is 5.69 Å². The molecule has 0 radical (unpaired) electrons. The van der Waals surface area contributed by atoms with Crippen LogP contribution in [0.15, 0.2) is 42.5 Å². The van der Waals surface area contributed by atoms with Crippen molar-refractivity contribution < 1.29 is 29.0 Å². The number of nitrogens with one attached hydrogen (secondary N) is 2. The number of amides is 2. The number of hydrogen-bond donors (Lipinski definition) is 3. The van der Waals surface area contributed by atoms with Gasteiger partial charge in [0.2, 0.25) is 12.7 Å². The molecule has 1 aliphatic rings. The lowest BCUT2D eigenvalue weighted by Crippen LogP contribution is -2.30. The lowest BCUT2D eigenvalue weighted by molar-refractivity contribution is -0.137. The maximum atomic E-state index is 12.5. The van der Waals surface area contributed by atoms with Crippen LogP contribution in [0.3, 0.4) is 0 Å². The van der Waals surface area contributed by atoms with Gasteiger partial charge in [0.1, 0.15) is 6.54 Å². The summed E-state index contributed by atoms with van der Waals surface area (Å²) in [5.41, 5.74) is 1.43. The summed E-state index contributed by atoms with van der Waals surface area (Å²) in [5.74, 6) is -0.849. The molecule has 8 nitrogen and oxygen atoms in total. The zero-order valence-electron chi connectivity index (χ0n) is 13.7. The molecule has 0 aromatic heterocycles. The Morgan fingerprint density at radius 1 is 1.04 bits per heavy atom. The van der Waals surface area contributed by atoms with Crippen LogP contribution in [-0.2, 0) is 16.0 Å². The first-order valence-corrected chi connectivity index (χ1v) is 7.80. The third-order valence-corrected chi connectivity index (χ3v) is 3.69. The van der Waals surface area contributed by atoms with Gasteiger partial charge in [0.15, 0.2) is 11.5 Å². The predicted molar refractivity (Wildman–Crippen MR) is 91.3 cm³/mol. The molecule has 0 fully saturated rings. The lowest BCUT2D eigenvalue weighted by atomic mass is 10.1. The Morgan fingerprint density at radius 3 is 2.62 bits per heavy atom. The summed E-state index contributed by atoms with van der Waals surface area (Å²) in [6.07, 6.45) is -0.0507. The Kier molecular flexibility index (Phi) is 5.02. The highest BCUT2D eigenvalue weighted by atomic mass is 16.7. The van der Waals surface area contributed by atoms with Crippen LogP contribution in [-0.4, -0.2) is 36.2 Å². The lowest BCUT2D eigenvalue weighted by Gasteiger charge is -2.11. The number of para-hydroxylation sites is 1. The largest absolute Gasteiger partial charge is 0.480 e. The molecule has 134 valence electrons. The van der Waals surface area contributed by atoms with E-state index in [-0.39, 0.29) is 19.1 Å². The summed E-state index contributed by atoms with van der Waals surface area (Å²) >= 11 is 0. The molecule has 2 aromatic rings. The van der Waals surface area contributed by atoms with Crippen molar-refractivity contribution in [2.75, 3.05) is 18.7 Å². The van der Waals surface area contributed by atoms with Gasteiger partial charge in [0, 0.05) is 11.3 Å². The Labute approximate surface area is 148 Å². The van der Waals surface area contributed by atoms with Crippen LogP contribution < -0.4 is 20.1 Å². The van der Waals surface area contributed by atoms with Crippen LogP contribution in [0.25, 0.3) is 0 Å². The van der Waals surface area contributed by atoms with Crippen molar-refractivity contribution >= 4 is 23.5 Å². The summed E-state index contributed by atoms with van der Waals surface area (Å²) in [4.78, 5) is 34.8. The molecular formula is C18H16N2O6. The SMILES string of the molecule is O=C(O)CNC(=O)Cc1ccccc1NC(=O)c1ccc2c(c1)OCO2. The molecule has 1 heterocycles. The summed E-state index contributed by atoms with van der Waals surface area (Å²) in [6, 6.07) is 11.7. The van der Waals surface area contributed by atoms with Gasteiger partial charge >= 0.3 is 5.97 Å². The van der Waals surface area contributed by atoms with Crippen LogP contribution >= 0.6 is 0 Å². The summed E-state index contributed by atoms with van der Waals surface area (Å²) in [6.45, 7) is -0.334. The van der Waals surface area contributed by atoms with E-state index in [0.717, 1.165) is 0 Å². The molecule has 1 aliphatic heterocycles. The molecule has 2 amide bonds. The molecule has 0 saturated heterocycles. The minimum atomic E-state index is -1.12. The number of fused-ring (bicyclic) bond motifs is 1. The van der Waals surface area contributed by atoms with Gasteiger partial charge < -0.3 is 25.2 Å². The van der Waals surface area contributed by atoms with E-state index in [1.165, 1.54) is 0 Å². The van der Waals surface area contributed by atoms with Gasteiger partial charge in [-0.25, -0.2) is 0 Å². The van der Waals surface area contributed by atoms with Gasteiger partial charge in [-0.2, -0.15) is 0 Å². The van der Waals surface area contributed by atoms with Crippen LogP contribution in [0, 0.1) is 0 Å². The van der Waals surface area contributed by atoms with Gasteiger partial charge in [0.05, 0.1) is 6.42 Å². The molecule has 3 rings (SSSR count). The van der Waals surface area contributed by atoms with Crippen molar-refractivity contribution in [3.05, 3.63) is 53.6 Å². The molecule has 2 aromatic carbocycles. The number of ether oxygens (including phenoxy) is 2. The first kappa shape index (κ1) is 17.3. The van der Waals surface area contributed by atoms with E-state index < -0.39 is 18.4 Å². The highest BCUT2D eigenvalue weighted by molar-refractivity contribution is 6.05. The number of carboxylic acid groups (broad SMARTS) is 1. The number of aliphatic carboxylic acids is 1. The van der Waals surface area contributed by atoms with E-state index >= 15 is 0 Å². The summed E-state index contributed by atoms with van der Waals surface area (Å²) in [7, 11) is 0. The zero-order valence-corrected chi connectivity index (χ0v) is 13.7. The van der Waals surface area contributed by atoms with E-state index in [9.17, 15) is 14.4 Å². The number of benzene rings is 2. The van der Waals surface area contributed by atoms with Crippen molar-refractivity contribution in [2.24, 2.45) is 0 Å². The smallest absolute Gasteiger partial charge is 0.322 e. The van der Waals surface area contributed by atoms with Gasteiger partial charge in [-0.1, -0.05) is 18.2 Å². The van der Waals surface area contributed by atoms with Gasteiger partial charge in [-0.05, 0) is 29.8 Å². The van der Waals surface area contributed by atoms with Crippen LogP contribution in [0.5, 0.6) is 11.5 Å². The number of carboxylic acids is 1. The monoisotopic (exact) mass is 356 g/mol. The Balaban J connectivity index is 1.70. The molecule has 0 saturated carbocycles. The third kappa shape index (κ3) is 4.10. The maximum Gasteiger partial charge on any atom is 0.322 e. The first-order valence-electron chi connectivity index (χ1n) is 7.80. The predicted octanol–water partition coefficient (Wildman–Crippen LogP) is 1.41. The zero-order chi connectivity index (χ0) is 18.5. The first-order chi connectivity index (χ1) is 12.5. The van der Waals surface area contributed by atoms with Crippen molar-refractivity contribution in [1.82, 2.24) is 5.32 Å². The second kappa shape index (κ2) is 7.56. The van der Waals surface area contributed by atoms with Crippen LogP contribution in [0.2, 0.25) is 0 Å². The number of carbonyl (C=O) groups is 3. The average Bonchev–Trinajstić information content (AvgIpc) is 3.09. The fourth-order valence-electron chi connectivity index (χ4n) is 2.44.